The number of imidazole rings is 1. The number of aromatic nitrogens is 2. The van der Waals surface area contributed by atoms with Crippen molar-refractivity contribution in [3.05, 3.63) is 96.1 Å². The monoisotopic (exact) mass is 456 g/mol. The second-order valence-corrected chi connectivity index (χ2v) is 9.08. The summed E-state index contributed by atoms with van der Waals surface area (Å²) in [5.41, 5.74) is 2.92. The van der Waals surface area contributed by atoms with Gasteiger partial charge in [-0.05, 0) is 61.8 Å². The minimum absolute atomic E-state index is 0.00471. The Morgan fingerprint density at radius 1 is 1.03 bits per heavy atom. The number of rotatable bonds is 8. The molecule has 0 saturated heterocycles. The van der Waals surface area contributed by atoms with Gasteiger partial charge in [0.25, 0.3) is 5.91 Å². The minimum Gasteiger partial charge on any atom is -0.488 e. The van der Waals surface area contributed by atoms with Gasteiger partial charge in [0, 0.05) is 43.5 Å². The SMILES string of the molecule is CC(C(c1ccc2c(OCc3ccc(C(=O)N(C)C)cc3)cccc2c1)n1ccnc1)N(C)C. The summed E-state index contributed by atoms with van der Waals surface area (Å²) in [6, 6.07) is 20.7. The summed E-state index contributed by atoms with van der Waals surface area (Å²) < 4.78 is 8.36. The van der Waals surface area contributed by atoms with Crippen molar-refractivity contribution >= 4 is 16.7 Å². The standard InChI is InChI=1S/C28H32N4O2/c1-20(30(2)3)27(32-16-15-29-19-32)24-13-14-25-23(17-24)7-6-8-26(25)34-18-21-9-11-22(12-10-21)28(33)31(4)5/h6-17,19-20,27H,18H2,1-5H3. The molecule has 1 amide bonds. The van der Waals surface area contributed by atoms with E-state index in [1.807, 2.05) is 55.1 Å². The Hall–Kier alpha value is -3.64. The number of hydrogen-bond donors (Lipinski definition) is 0. The smallest absolute Gasteiger partial charge is 0.253 e. The first-order valence-corrected chi connectivity index (χ1v) is 11.4. The number of nitrogens with zero attached hydrogens (tertiary/aromatic N) is 4. The molecule has 0 aliphatic rings. The molecule has 0 radical (unpaired) electrons. The van der Waals surface area contributed by atoms with E-state index in [9.17, 15) is 4.79 Å². The molecular weight excluding hydrogens is 424 g/mol. The van der Waals surface area contributed by atoms with Crippen LogP contribution in [0.25, 0.3) is 10.8 Å². The molecule has 34 heavy (non-hydrogen) atoms. The fourth-order valence-corrected chi connectivity index (χ4v) is 4.16. The topological polar surface area (TPSA) is 50.6 Å². The number of carbonyl (C=O) groups is 1. The van der Waals surface area contributed by atoms with Crippen LogP contribution in [0.4, 0.5) is 0 Å². The summed E-state index contributed by atoms with van der Waals surface area (Å²) in [6.45, 7) is 2.67. The Kier molecular flexibility index (Phi) is 6.98. The second kappa shape index (κ2) is 10.1. The molecule has 3 aromatic carbocycles. The van der Waals surface area contributed by atoms with E-state index in [0.717, 1.165) is 22.1 Å². The van der Waals surface area contributed by atoms with Gasteiger partial charge in [0.2, 0.25) is 0 Å². The van der Waals surface area contributed by atoms with E-state index in [0.29, 0.717) is 12.2 Å². The number of benzene rings is 3. The highest BCUT2D eigenvalue weighted by Gasteiger charge is 2.23. The lowest BCUT2D eigenvalue weighted by atomic mass is 9.96. The average Bonchev–Trinajstić information content (AvgIpc) is 3.36. The third kappa shape index (κ3) is 4.97. The predicted molar refractivity (Wildman–Crippen MR) is 136 cm³/mol. The number of amides is 1. The largest absolute Gasteiger partial charge is 0.488 e. The molecule has 0 aliphatic heterocycles. The van der Waals surface area contributed by atoms with Gasteiger partial charge in [-0.1, -0.05) is 36.4 Å². The van der Waals surface area contributed by atoms with Crippen molar-refractivity contribution in [3.8, 4) is 5.75 Å². The quantitative estimate of drug-likeness (QED) is 0.380. The van der Waals surface area contributed by atoms with Crippen LogP contribution in [-0.2, 0) is 6.61 Å². The van der Waals surface area contributed by atoms with Crippen molar-refractivity contribution in [2.45, 2.75) is 25.6 Å². The van der Waals surface area contributed by atoms with Crippen molar-refractivity contribution in [1.82, 2.24) is 19.4 Å². The molecule has 2 unspecified atom stereocenters. The molecule has 0 spiro atoms. The van der Waals surface area contributed by atoms with Gasteiger partial charge < -0.3 is 19.1 Å². The first-order chi connectivity index (χ1) is 16.3. The van der Waals surface area contributed by atoms with Gasteiger partial charge in [-0.15, -0.1) is 0 Å². The minimum atomic E-state index is -0.00471. The van der Waals surface area contributed by atoms with Crippen LogP contribution >= 0.6 is 0 Å². The van der Waals surface area contributed by atoms with Crippen LogP contribution in [0, 0.1) is 0 Å². The summed E-state index contributed by atoms with van der Waals surface area (Å²) in [5.74, 6) is 0.840. The van der Waals surface area contributed by atoms with Crippen molar-refractivity contribution in [3.63, 3.8) is 0 Å². The number of carbonyl (C=O) groups excluding carboxylic acids is 1. The highest BCUT2D eigenvalue weighted by Crippen LogP contribution is 2.32. The first-order valence-electron chi connectivity index (χ1n) is 11.4. The molecule has 176 valence electrons. The molecule has 0 saturated carbocycles. The molecule has 4 aromatic rings. The van der Waals surface area contributed by atoms with Crippen LogP contribution in [0.2, 0.25) is 0 Å². The zero-order valence-electron chi connectivity index (χ0n) is 20.5. The number of likely N-dealkylation sites (N-methyl/N-ethyl adjacent to an activating group) is 1. The zero-order chi connectivity index (χ0) is 24.2. The fourth-order valence-electron chi connectivity index (χ4n) is 4.16. The van der Waals surface area contributed by atoms with Crippen LogP contribution in [0.1, 0.15) is 34.5 Å². The third-order valence-electron chi connectivity index (χ3n) is 6.32. The van der Waals surface area contributed by atoms with E-state index in [1.54, 1.807) is 19.0 Å². The number of hydrogen-bond acceptors (Lipinski definition) is 4. The molecule has 0 N–H and O–H groups in total. The summed E-state index contributed by atoms with van der Waals surface area (Å²) in [4.78, 5) is 20.2. The van der Waals surface area contributed by atoms with E-state index in [-0.39, 0.29) is 18.0 Å². The maximum Gasteiger partial charge on any atom is 0.253 e. The lowest BCUT2D eigenvalue weighted by Gasteiger charge is -2.31. The van der Waals surface area contributed by atoms with Gasteiger partial charge in [-0.25, -0.2) is 4.98 Å². The molecule has 4 rings (SSSR count). The van der Waals surface area contributed by atoms with Crippen LogP contribution < -0.4 is 4.74 Å². The van der Waals surface area contributed by atoms with Gasteiger partial charge in [-0.3, -0.25) is 4.79 Å². The molecule has 6 heteroatoms. The molecule has 0 bridgehead atoms. The Labute approximate surface area is 201 Å². The van der Waals surface area contributed by atoms with Crippen LogP contribution in [0.3, 0.4) is 0 Å². The summed E-state index contributed by atoms with van der Waals surface area (Å²) in [6.07, 6.45) is 5.73. The highest BCUT2D eigenvalue weighted by molar-refractivity contribution is 5.93. The fraction of sp³-hybridized carbons (Fsp3) is 0.286. The normalized spacial score (nSPS) is 13.1. The van der Waals surface area contributed by atoms with Crippen LogP contribution in [0.5, 0.6) is 5.75 Å². The zero-order valence-corrected chi connectivity index (χ0v) is 20.5. The lowest BCUT2D eigenvalue weighted by molar-refractivity contribution is 0.0827. The van der Waals surface area contributed by atoms with Crippen molar-refractivity contribution in [2.75, 3.05) is 28.2 Å². The van der Waals surface area contributed by atoms with E-state index < -0.39 is 0 Å². The molecule has 0 aliphatic carbocycles. The summed E-state index contributed by atoms with van der Waals surface area (Å²) in [7, 11) is 7.71. The van der Waals surface area contributed by atoms with Crippen LogP contribution in [0.15, 0.2) is 79.4 Å². The first kappa shape index (κ1) is 23.5. The average molecular weight is 457 g/mol. The van der Waals surface area contributed by atoms with Gasteiger partial charge in [0.15, 0.2) is 0 Å². The van der Waals surface area contributed by atoms with E-state index in [1.165, 1.54) is 5.56 Å². The van der Waals surface area contributed by atoms with Gasteiger partial charge in [-0.2, -0.15) is 0 Å². The van der Waals surface area contributed by atoms with E-state index in [4.69, 9.17) is 4.74 Å². The van der Waals surface area contributed by atoms with E-state index >= 15 is 0 Å². The summed E-state index contributed by atoms with van der Waals surface area (Å²) in [5, 5.41) is 2.21. The molecular formula is C28H32N4O2. The predicted octanol–water partition coefficient (Wildman–Crippen LogP) is 4.86. The van der Waals surface area contributed by atoms with Crippen LogP contribution in [-0.4, -0.2) is 59.5 Å². The number of ether oxygens (including phenoxy) is 1. The maximum absolute atomic E-state index is 12.1. The molecule has 6 nitrogen and oxygen atoms in total. The summed E-state index contributed by atoms with van der Waals surface area (Å²) >= 11 is 0. The third-order valence-corrected chi connectivity index (χ3v) is 6.32. The molecule has 1 heterocycles. The Bertz CT molecular complexity index is 1250. The van der Waals surface area contributed by atoms with Gasteiger partial charge >= 0.3 is 0 Å². The lowest BCUT2D eigenvalue weighted by Crippen LogP contribution is -2.34. The van der Waals surface area contributed by atoms with Crippen molar-refractivity contribution in [2.24, 2.45) is 0 Å². The highest BCUT2D eigenvalue weighted by atomic mass is 16.5. The molecule has 1 aromatic heterocycles. The molecule has 2 atom stereocenters. The van der Waals surface area contributed by atoms with E-state index in [2.05, 4.69) is 59.7 Å². The van der Waals surface area contributed by atoms with Crippen molar-refractivity contribution in [1.29, 1.82) is 0 Å². The Balaban J connectivity index is 1.57. The second-order valence-electron chi connectivity index (χ2n) is 9.08. The molecule has 0 fully saturated rings. The van der Waals surface area contributed by atoms with Gasteiger partial charge in [0.1, 0.15) is 12.4 Å². The Morgan fingerprint density at radius 3 is 2.44 bits per heavy atom. The van der Waals surface area contributed by atoms with Crippen molar-refractivity contribution < 1.29 is 9.53 Å². The van der Waals surface area contributed by atoms with Gasteiger partial charge in [0.05, 0.1) is 12.4 Å². The number of fused-ring (bicyclic) bond motifs is 1. The maximum atomic E-state index is 12.1. The Morgan fingerprint density at radius 2 is 1.79 bits per heavy atom.